The zero-order valence-electron chi connectivity index (χ0n) is 12.1. The lowest BCUT2D eigenvalue weighted by atomic mass is 9.92. The molecule has 6 heteroatoms. The number of anilines is 1. The third-order valence-corrected chi connectivity index (χ3v) is 3.18. The second kappa shape index (κ2) is 5.90. The van der Waals surface area contributed by atoms with Crippen molar-refractivity contribution in [2.75, 3.05) is 19.3 Å². The highest BCUT2D eigenvalue weighted by molar-refractivity contribution is 5.95. The van der Waals surface area contributed by atoms with E-state index >= 15 is 0 Å². The van der Waals surface area contributed by atoms with Crippen molar-refractivity contribution in [3.63, 3.8) is 0 Å². The summed E-state index contributed by atoms with van der Waals surface area (Å²) in [6.07, 6.45) is 0. The van der Waals surface area contributed by atoms with Gasteiger partial charge in [-0.1, -0.05) is 0 Å². The highest BCUT2D eigenvalue weighted by atomic mass is 19.1. The summed E-state index contributed by atoms with van der Waals surface area (Å²) in [6.45, 7) is 5.09. The topological polar surface area (TPSA) is 84.2 Å². The smallest absolute Gasteiger partial charge is 0.251 e. The van der Waals surface area contributed by atoms with E-state index < -0.39 is 17.1 Å². The highest BCUT2D eigenvalue weighted by Crippen LogP contribution is 2.18. The van der Waals surface area contributed by atoms with Crippen LogP contribution in [0.1, 0.15) is 29.8 Å². The summed E-state index contributed by atoms with van der Waals surface area (Å²) in [5.74, 6) is -1.18. The Morgan fingerprint density at radius 2 is 1.95 bits per heavy atom. The molecule has 0 spiro atoms. The van der Waals surface area contributed by atoms with Gasteiger partial charge in [-0.3, -0.25) is 9.59 Å². The van der Waals surface area contributed by atoms with E-state index in [9.17, 15) is 14.0 Å². The van der Waals surface area contributed by atoms with Gasteiger partial charge in [0.2, 0.25) is 5.91 Å². The number of hydrogen-bond donors (Lipinski definition) is 3. The molecule has 20 heavy (non-hydrogen) atoms. The number of carbonyl (C=O) groups is 2. The number of amides is 2. The fourth-order valence-electron chi connectivity index (χ4n) is 1.65. The summed E-state index contributed by atoms with van der Waals surface area (Å²) in [7, 11) is 1.53. The number of halogens is 1. The summed E-state index contributed by atoms with van der Waals surface area (Å²) < 4.78 is 13.5. The summed E-state index contributed by atoms with van der Waals surface area (Å²) in [5.41, 5.74) is 5.55. The Labute approximate surface area is 117 Å². The van der Waals surface area contributed by atoms with Crippen LogP contribution in [0.4, 0.5) is 10.1 Å². The van der Waals surface area contributed by atoms with Crippen molar-refractivity contribution in [1.29, 1.82) is 0 Å². The van der Waals surface area contributed by atoms with Crippen LogP contribution in [0.25, 0.3) is 0 Å². The maximum Gasteiger partial charge on any atom is 0.251 e. The van der Waals surface area contributed by atoms with Gasteiger partial charge in [-0.2, -0.15) is 0 Å². The van der Waals surface area contributed by atoms with E-state index in [0.717, 1.165) is 6.07 Å². The quantitative estimate of drug-likeness (QED) is 0.725. The van der Waals surface area contributed by atoms with Crippen LogP contribution >= 0.6 is 0 Å². The predicted octanol–water partition coefficient (Wildman–Crippen LogP) is 1.22. The first-order valence-corrected chi connectivity index (χ1v) is 6.25. The van der Waals surface area contributed by atoms with Crippen LogP contribution in [0, 0.1) is 18.2 Å². The van der Waals surface area contributed by atoms with E-state index in [2.05, 4.69) is 10.6 Å². The third-order valence-electron chi connectivity index (χ3n) is 3.18. The van der Waals surface area contributed by atoms with E-state index in [1.165, 1.54) is 13.1 Å². The van der Waals surface area contributed by atoms with Crippen molar-refractivity contribution >= 4 is 17.5 Å². The zero-order valence-corrected chi connectivity index (χ0v) is 12.1. The molecule has 5 nitrogen and oxygen atoms in total. The predicted molar refractivity (Wildman–Crippen MR) is 75.7 cm³/mol. The molecule has 0 unspecified atom stereocenters. The molecule has 0 saturated carbocycles. The number of nitrogens with two attached hydrogens (primary N) is 1. The van der Waals surface area contributed by atoms with Crippen molar-refractivity contribution in [3.8, 4) is 0 Å². The molecule has 0 aliphatic heterocycles. The molecular formula is C14H20FN3O2. The number of carbonyl (C=O) groups excluding carboxylic acids is 2. The minimum absolute atomic E-state index is 0.137. The van der Waals surface area contributed by atoms with Crippen molar-refractivity contribution < 1.29 is 14.0 Å². The first kappa shape index (κ1) is 15.9. The van der Waals surface area contributed by atoms with Gasteiger partial charge in [0, 0.05) is 30.4 Å². The van der Waals surface area contributed by atoms with Gasteiger partial charge in [-0.25, -0.2) is 4.39 Å². The molecule has 0 heterocycles. The van der Waals surface area contributed by atoms with Gasteiger partial charge in [-0.05, 0) is 32.9 Å². The van der Waals surface area contributed by atoms with Gasteiger partial charge in [-0.15, -0.1) is 0 Å². The van der Waals surface area contributed by atoms with Gasteiger partial charge in [0.25, 0.3) is 5.91 Å². The van der Waals surface area contributed by atoms with Crippen LogP contribution < -0.4 is 16.4 Å². The largest absolute Gasteiger partial charge is 0.398 e. The highest BCUT2D eigenvalue weighted by Gasteiger charge is 2.27. The molecule has 0 aliphatic carbocycles. The SMILES string of the molecule is CNC(=O)C(C)(C)CNC(=O)c1cc(N)c(C)c(F)c1. The molecule has 0 aliphatic rings. The van der Waals surface area contributed by atoms with Gasteiger partial charge < -0.3 is 16.4 Å². The summed E-state index contributed by atoms with van der Waals surface area (Å²) in [4.78, 5) is 23.5. The van der Waals surface area contributed by atoms with Crippen LogP contribution in [0.3, 0.4) is 0 Å². The van der Waals surface area contributed by atoms with Crippen molar-refractivity contribution in [2.45, 2.75) is 20.8 Å². The van der Waals surface area contributed by atoms with E-state index in [-0.39, 0.29) is 23.7 Å². The molecule has 1 aromatic rings. The van der Waals surface area contributed by atoms with Crippen molar-refractivity contribution in [2.24, 2.45) is 5.41 Å². The molecule has 0 atom stereocenters. The van der Waals surface area contributed by atoms with Crippen molar-refractivity contribution in [1.82, 2.24) is 10.6 Å². The van der Waals surface area contributed by atoms with E-state index in [4.69, 9.17) is 5.73 Å². The molecule has 0 radical (unpaired) electrons. The van der Waals surface area contributed by atoms with Gasteiger partial charge in [0.15, 0.2) is 0 Å². The number of nitrogens with one attached hydrogen (secondary N) is 2. The Hall–Kier alpha value is -2.11. The molecule has 0 fully saturated rings. The lowest BCUT2D eigenvalue weighted by Crippen LogP contribution is -2.43. The second-order valence-electron chi connectivity index (χ2n) is 5.32. The van der Waals surface area contributed by atoms with Gasteiger partial charge >= 0.3 is 0 Å². The Kier molecular flexibility index (Phi) is 4.70. The molecule has 1 rings (SSSR count). The van der Waals surface area contributed by atoms with Crippen LogP contribution in [-0.2, 0) is 4.79 Å². The summed E-state index contributed by atoms with van der Waals surface area (Å²) in [5, 5.41) is 5.13. The van der Waals surface area contributed by atoms with E-state index in [0.29, 0.717) is 5.56 Å². The number of rotatable bonds is 4. The first-order chi connectivity index (χ1) is 9.19. The lowest BCUT2D eigenvalue weighted by Gasteiger charge is -2.22. The van der Waals surface area contributed by atoms with Crippen molar-refractivity contribution in [3.05, 3.63) is 29.1 Å². The average molecular weight is 281 g/mol. The van der Waals surface area contributed by atoms with Crippen LogP contribution in [0.2, 0.25) is 0 Å². The Morgan fingerprint density at radius 3 is 2.45 bits per heavy atom. The molecule has 2 amide bonds. The standard InChI is InChI=1S/C14H20FN3O2/c1-8-10(15)5-9(6-11(8)16)12(19)18-7-14(2,3)13(20)17-4/h5-6H,7,16H2,1-4H3,(H,17,20)(H,18,19). The maximum atomic E-state index is 13.5. The summed E-state index contributed by atoms with van der Waals surface area (Å²) >= 11 is 0. The molecule has 0 aromatic heterocycles. The molecule has 4 N–H and O–H groups in total. The second-order valence-corrected chi connectivity index (χ2v) is 5.32. The zero-order chi connectivity index (χ0) is 15.5. The van der Waals surface area contributed by atoms with Gasteiger partial charge in [0.1, 0.15) is 5.82 Å². The molecule has 1 aromatic carbocycles. The minimum atomic E-state index is -0.751. The number of nitrogen functional groups attached to an aromatic ring is 1. The third kappa shape index (κ3) is 3.46. The fraction of sp³-hybridized carbons (Fsp3) is 0.429. The molecule has 110 valence electrons. The van der Waals surface area contributed by atoms with E-state index in [1.807, 2.05) is 0 Å². The Bertz CT molecular complexity index is 518. The lowest BCUT2D eigenvalue weighted by molar-refractivity contribution is -0.128. The maximum absolute atomic E-state index is 13.5. The first-order valence-electron chi connectivity index (χ1n) is 6.25. The molecule has 0 bridgehead atoms. The summed E-state index contributed by atoms with van der Waals surface area (Å²) in [6, 6.07) is 2.55. The fourth-order valence-corrected chi connectivity index (χ4v) is 1.65. The van der Waals surface area contributed by atoms with E-state index in [1.54, 1.807) is 20.8 Å². The van der Waals surface area contributed by atoms with Crippen LogP contribution in [-0.4, -0.2) is 25.4 Å². The normalized spacial score (nSPS) is 11.1. The Morgan fingerprint density at radius 1 is 1.35 bits per heavy atom. The number of hydrogen-bond acceptors (Lipinski definition) is 3. The van der Waals surface area contributed by atoms with Crippen LogP contribution in [0.15, 0.2) is 12.1 Å². The van der Waals surface area contributed by atoms with Crippen LogP contribution in [0.5, 0.6) is 0 Å². The Balaban J connectivity index is 2.80. The van der Waals surface area contributed by atoms with Gasteiger partial charge in [0.05, 0.1) is 5.41 Å². The minimum Gasteiger partial charge on any atom is -0.398 e. The monoisotopic (exact) mass is 281 g/mol. The molecule has 0 saturated heterocycles. The number of benzene rings is 1. The molecular weight excluding hydrogens is 261 g/mol. The average Bonchev–Trinajstić information content (AvgIpc) is 2.40.